The topological polar surface area (TPSA) is 45.3 Å². The van der Waals surface area contributed by atoms with Crippen LogP contribution in [0.4, 0.5) is 0 Å². The van der Waals surface area contributed by atoms with Crippen LogP contribution in [0.2, 0.25) is 0 Å². The fourth-order valence-electron chi connectivity index (χ4n) is 3.91. The molecule has 4 heteroatoms. The van der Waals surface area contributed by atoms with E-state index in [0.29, 0.717) is 13.2 Å². The first-order valence-electron chi connectivity index (χ1n) is 10.6. The van der Waals surface area contributed by atoms with E-state index in [-0.39, 0.29) is 5.91 Å². The first-order chi connectivity index (χ1) is 14.7. The van der Waals surface area contributed by atoms with Crippen molar-refractivity contribution in [3.05, 3.63) is 77.5 Å². The lowest BCUT2D eigenvalue weighted by Gasteiger charge is -2.25. The van der Waals surface area contributed by atoms with Gasteiger partial charge in [0.2, 0.25) is 5.91 Å². The number of aromatic nitrogens is 1. The van der Waals surface area contributed by atoms with E-state index in [1.54, 1.807) is 6.08 Å². The Morgan fingerprint density at radius 3 is 2.87 bits per heavy atom. The molecule has 0 atom stereocenters. The van der Waals surface area contributed by atoms with Crippen molar-refractivity contribution in [3.8, 4) is 5.75 Å². The molecule has 1 amide bonds. The van der Waals surface area contributed by atoms with Crippen LogP contribution in [0.15, 0.2) is 60.8 Å². The predicted molar refractivity (Wildman–Crippen MR) is 123 cm³/mol. The van der Waals surface area contributed by atoms with E-state index in [1.807, 2.05) is 35.2 Å². The van der Waals surface area contributed by atoms with E-state index in [1.165, 1.54) is 27.6 Å². The van der Waals surface area contributed by atoms with Crippen molar-refractivity contribution >= 4 is 28.5 Å². The minimum absolute atomic E-state index is 0.0327. The molecule has 2 aromatic carbocycles. The van der Waals surface area contributed by atoms with Crippen molar-refractivity contribution < 1.29 is 9.53 Å². The van der Waals surface area contributed by atoms with Crippen molar-refractivity contribution in [3.63, 3.8) is 0 Å². The van der Waals surface area contributed by atoms with E-state index >= 15 is 0 Å². The fourth-order valence-corrected chi connectivity index (χ4v) is 3.91. The second-order valence-corrected chi connectivity index (χ2v) is 7.68. The molecular formula is C26H28N2O2. The number of aromatic amines is 1. The Morgan fingerprint density at radius 1 is 1.20 bits per heavy atom. The molecule has 154 valence electrons. The minimum atomic E-state index is 0.0327. The Kier molecular flexibility index (Phi) is 6.03. The zero-order valence-corrected chi connectivity index (χ0v) is 17.7. The molecule has 2 heterocycles. The smallest absolute Gasteiger partial charge is 0.246 e. The number of nitrogens with zero attached hydrogens (tertiary/aromatic N) is 1. The molecule has 0 bridgehead atoms. The van der Waals surface area contributed by atoms with E-state index in [0.717, 1.165) is 30.7 Å². The fraction of sp³-hybridized carbons (Fsp3) is 0.269. The van der Waals surface area contributed by atoms with Gasteiger partial charge in [0.25, 0.3) is 0 Å². The van der Waals surface area contributed by atoms with Crippen LogP contribution in [0.1, 0.15) is 36.5 Å². The van der Waals surface area contributed by atoms with Crippen molar-refractivity contribution in [2.24, 2.45) is 0 Å². The Bertz CT molecular complexity index is 1110. The number of carbonyl (C=O) groups excluding carboxylic acids is 1. The van der Waals surface area contributed by atoms with Crippen LogP contribution in [-0.2, 0) is 4.79 Å². The summed E-state index contributed by atoms with van der Waals surface area (Å²) in [4.78, 5) is 18.0. The quantitative estimate of drug-likeness (QED) is 0.548. The maximum Gasteiger partial charge on any atom is 0.246 e. The molecule has 0 radical (unpaired) electrons. The molecule has 4 nitrogen and oxygen atoms in total. The Balaban J connectivity index is 1.45. The second kappa shape index (κ2) is 9.04. The summed E-state index contributed by atoms with van der Waals surface area (Å²) in [6.45, 7) is 6.23. The van der Waals surface area contributed by atoms with Crippen LogP contribution >= 0.6 is 0 Å². The summed E-state index contributed by atoms with van der Waals surface area (Å²) >= 11 is 0. The van der Waals surface area contributed by atoms with E-state index in [2.05, 4.69) is 49.3 Å². The highest BCUT2D eigenvalue weighted by molar-refractivity contribution is 5.96. The molecule has 1 N–H and O–H groups in total. The molecular weight excluding hydrogens is 372 g/mol. The molecule has 4 rings (SSSR count). The maximum absolute atomic E-state index is 12.7. The third kappa shape index (κ3) is 4.18. The summed E-state index contributed by atoms with van der Waals surface area (Å²) in [5, 5.41) is 1.25. The third-order valence-electron chi connectivity index (χ3n) is 5.58. The average molecular weight is 401 g/mol. The molecule has 0 aliphatic carbocycles. The monoisotopic (exact) mass is 400 g/mol. The van der Waals surface area contributed by atoms with Gasteiger partial charge in [-0.3, -0.25) is 4.79 Å². The molecule has 0 spiro atoms. The van der Waals surface area contributed by atoms with Gasteiger partial charge in [-0.15, -0.1) is 0 Å². The highest BCUT2D eigenvalue weighted by Gasteiger charge is 2.18. The SMILES string of the molecule is CCCOc1ccccc1/C=C/C(=O)N1CC=C(c2c[nH]c3c(C)cccc23)CC1. The van der Waals surface area contributed by atoms with Crippen LogP contribution in [0.3, 0.4) is 0 Å². The van der Waals surface area contributed by atoms with E-state index < -0.39 is 0 Å². The third-order valence-corrected chi connectivity index (χ3v) is 5.58. The predicted octanol–water partition coefficient (Wildman–Crippen LogP) is 5.59. The molecule has 1 aromatic heterocycles. The Morgan fingerprint density at radius 2 is 2.07 bits per heavy atom. The maximum atomic E-state index is 12.7. The molecule has 1 aliphatic rings. The standard InChI is InChI=1S/C26H28N2O2/c1-3-17-30-24-10-5-4-8-21(24)11-12-25(29)28-15-13-20(14-16-28)23-18-27-26-19(2)7-6-9-22(23)26/h4-13,18,27H,3,14-17H2,1-2H3/b12-11+. The zero-order valence-electron chi connectivity index (χ0n) is 17.7. The first kappa shape index (κ1) is 20.0. The number of rotatable bonds is 6. The van der Waals surface area contributed by atoms with Gasteiger partial charge in [0.15, 0.2) is 0 Å². The van der Waals surface area contributed by atoms with Gasteiger partial charge in [0.05, 0.1) is 6.61 Å². The van der Waals surface area contributed by atoms with Gasteiger partial charge in [-0.25, -0.2) is 0 Å². The molecule has 3 aromatic rings. The summed E-state index contributed by atoms with van der Waals surface area (Å²) < 4.78 is 5.77. The van der Waals surface area contributed by atoms with Gasteiger partial charge in [-0.1, -0.05) is 49.4 Å². The zero-order chi connectivity index (χ0) is 20.9. The number of hydrogen-bond donors (Lipinski definition) is 1. The molecule has 30 heavy (non-hydrogen) atoms. The summed E-state index contributed by atoms with van der Waals surface area (Å²) in [5.41, 5.74) is 5.93. The van der Waals surface area contributed by atoms with Crippen LogP contribution in [0.25, 0.3) is 22.6 Å². The highest BCUT2D eigenvalue weighted by Crippen LogP contribution is 2.30. The largest absolute Gasteiger partial charge is 0.493 e. The summed E-state index contributed by atoms with van der Waals surface area (Å²) in [6.07, 6.45) is 9.59. The number of fused-ring (bicyclic) bond motifs is 1. The number of aryl methyl sites for hydroxylation is 1. The molecule has 0 fully saturated rings. The van der Waals surface area contributed by atoms with Crippen LogP contribution in [-0.4, -0.2) is 35.5 Å². The van der Waals surface area contributed by atoms with Gasteiger partial charge in [0.1, 0.15) is 5.75 Å². The van der Waals surface area contributed by atoms with Crippen molar-refractivity contribution in [1.29, 1.82) is 0 Å². The molecule has 0 saturated carbocycles. The van der Waals surface area contributed by atoms with Gasteiger partial charge < -0.3 is 14.6 Å². The van der Waals surface area contributed by atoms with E-state index in [9.17, 15) is 4.79 Å². The van der Waals surface area contributed by atoms with Crippen LogP contribution in [0, 0.1) is 6.92 Å². The summed E-state index contributed by atoms with van der Waals surface area (Å²) in [7, 11) is 0. The lowest BCUT2D eigenvalue weighted by Crippen LogP contribution is -2.33. The molecule has 1 aliphatic heterocycles. The number of H-pyrrole nitrogens is 1. The normalized spacial score (nSPS) is 14.3. The number of para-hydroxylation sites is 2. The van der Waals surface area contributed by atoms with Gasteiger partial charge in [0, 0.05) is 47.4 Å². The van der Waals surface area contributed by atoms with Gasteiger partial charge in [-0.2, -0.15) is 0 Å². The Labute approximate surface area is 177 Å². The lowest BCUT2D eigenvalue weighted by molar-refractivity contribution is -0.125. The molecule has 0 saturated heterocycles. The van der Waals surface area contributed by atoms with Crippen LogP contribution in [0.5, 0.6) is 5.75 Å². The number of nitrogens with one attached hydrogen (secondary N) is 1. The number of carbonyl (C=O) groups is 1. The van der Waals surface area contributed by atoms with Crippen molar-refractivity contribution in [2.45, 2.75) is 26.7 Å². The Hall–Kier alpha value is -3.27. The number of benzene rings is 2. The number of hydrogen-bond acceptors (Lipinski definition) is 2. The van der Waals surface area contributed by atoms with E-state index in [4.69, 9.17) is 4.74 Å². The van der Waals surface area contributed by atoms with Crippen molar-refractivity contribution in [2.75, 3.05) is 19.7 Å². The lowest BCUT2D eigenvalue weighted by atomic mass is 9.98. The number of ether oxygens (including phenoxy) is 1. The summed E-state index contributed by atoms with van der Waals surface area (Å²) in [6, 6.07) is 14.2. The number of amides is 1. The summed E-state index contributed by atoms with van der Waals surface area (Å²) in [5.74, 6) is 0.851. The van der Waals surface area contributed by atoms with Gasteiger partial charge >= 0.3 is 0 Å². The first-order valence-corrected chi connectivity index (χ1v) is 10.6. The second-order valence-electron chi connectivity index (χ2n) is 7.68. The minimum Gasteiger partial charge on any atom is -0.493 e. The van der Waals surface area contributed by atoms with Crippen LogP contribution < -0.4 is 4.74 Å². The van der Waals surface area contributed by atoms with Crippen molar-refractivity contribution in [1.82, 2.24) is 9.88 Å². The van der Waals surface area contributed by atoms with Gasteiger partial charge in [-0.05, 0) is 43.0 Å². The average Bonchev–Trinajstić information content (AvgIpc) is 3.22. The molecule has 0 unspecified atom stereocenters. The highest BCUT2D eigenvalue weighted by atomic mass is 16.5.